The molecule has 0 aliphatic heterocycles. The Balaban J connectivity index is 2.31. The van der Waals surface area contributed by atoms with Crippen LogP contribution in [-0.4, -0.2) is 0 Å². The van der Waals surface area contributed by atoms with Crippen molar-refractivity contribution in [3.63, 3.8) is 0 Å². The highest BCUT2D eigenvalue weighted by molar-refractivity contribution is 5.15. The zero-order valence-electron chi connectivity index (χ0n) is 30.2. The van der Waals surface area contributed by atoms with Crippen molar-refractivity contribution in [3.8, 4) is 0 Å². The molecule has 0 unspecified atom stereocenters. The summed E-state index contributed by atoms with van der Waals surface area (Å²) < 4.78 is 2.57. The largest absolute Gasteiger partial charge is 0.205 e. The SMILES string of the molecule is CCCCCCCCCCCCCCc1cc(CCCCCCCCCCCCCC)c[n+](CCCCCCCCC)c1. The van der Waals surface area contributed by atoms with Crippen LogP contribution < -0.4 is 4.57 Å². The van der Waals surface area contributed by atoms with Crippen LogP contribution in [0.3, 0.4) is 0 Å². The van der Waals surface area contributed by atoms with E-state index in [1.165, 1.54) is 218 Å². The average Bonchev–Trinajstić information content (AvgIpc) is 3.01. The lowest BCUT2D eigenvalue weighted by molar-refractivity contribution is -0.698. The van der Waals surface area contributed by atoms with Gasteiger partial charge in [0.1, 0.15) is 6.54 Å². The van der Waals surface area contributed by atoms with Crippen LogP contribution >= 0.6 is 0 Å². The summed E-state index contributed by atoms with van der Waals surface area (Å²) in [7, 11) is 0. The van der Waals surface area contributed by atoms with Crippen molar-refractivity contribution < 1.29 is 4.57 Å². The van der Waals surface area contributed by atoms with Crippen LogP contribution in [0.2, 0.25) is 0 Å². The van der Waals surface area contributed by atoms with E-state index in [1.54, 1.807) is 11.1 Å². The van der Waals surface area contributed by atoms with Gasteiger partial charge < -0.3 is 0 Å². The van der Waals surface area contributed by atoms with Crippen LogP contribution in [0.15, 0.2) is 18.5 Å². The maximum absolute atomic E-state index is 2.57. The molecule has 0 saturated heterocycles. The summed E-state index contributed by atoms with van der Waals surface area (Å²) >= 11 is 0. The molecule has 0 N–H and O–H groups in total. The Morgan fingerprint density at radius 3 is 0.884 bits per heavy atom. The highest BCUT2D eigenvalue weighted by Crippen LogP contribution is 2.16. The molecule has 0 aliphatic carbocycles. The highest BCUT2D eigenvalue weighted by atomic mass is 14.9. The van der Waals surface area contributed by atoms with Gasteiger partial charge in [-0.05, 0) is 38.2 Å². The van der Waals surface area contributed by atoms with E-state index in [9.17, 15) is 0 Å². The summed E-state index contributed by atoms with van der Waals surface area (Å²) in [6.45, 7) is 8.15. The van der Waals surface area contributed by atoms with Gasteiger partial charge in [-0.3, -0.25) is 0 Å². The third-order valence-electron chi connectivity index (χ3n) is 9.69. The molecular formula is C42H80N+. The molecule has 1 rings (SSSR count). The molecule has 1 aromatic rings. The van der Waals surface area contributed by atoms with Crippen molar-refractivity contribution in [2.75, 3.05) is 0 Å². The lowest BCUT2D eigenvalue weighted by Gasteiger charge is -2.07. The van der Waals surface area contributed by atoms with E-state index in [4.69, 9.17) is 0 Å². The standard InChI is InChI=1S/C42H80N/c1-4-7-10-13-16-18-20-22-24-26-29-32-35-41-38-42(40-43(39-41)37-34-31-28-15-12-9-6-3)36-33-30-27-25-23-21-19-17-14-11-8-5-2/h38-40H,4-37H2,1-3H3/q+1. The smallest absolute Gasteiger partial charge is 0.171 e. The van der Waals surface area contributed by atoms with Gasteiger partial charge in [0.15, 0.2) is 12.4 Å². The number of pyridine rings is 1. The lowest BCUT2D eigenvalue weighted by atomic mass is 10.0. The number of nitrogens with zero attached hydrogens (tertiary/aromatic N) is 1. The van der Waals surface area contributed by atoms with Gasteiger partial charge in [0.2, 0.25) is 0 Å². The first-order valence-corrected chi connectivity index (χ1v) is 20.3. The van der Waals surface area contributed by atoms with Gasteiger partial charge in [0.05, 0.1) is 0 Å². The van der Waals surface area contributed by atoms with Gasteiger partial charge in [-0.1, -0.05) is 194 Å². The second kappa shape index (κ2) is 32.5. The highest BCUT2D eigenvalue weighted by Gasteiger charge is 2.09. The molecule has 0 aromatic carbocycles. The lowest BCUT2D eigenvalue weighted by Crippen LogP contribution is -2.34. The van der Waals surface area contributed by atoms with E-state index in [-0.39, 0.29) is 0 Å². The molecule has 0 fully saturated rings. The van der Waals surface area contributed by atoms with Crippen molar-refractivity contribution in [1.29, 1.82) is 0 Å². The van der Waals surface area contributed by atoms with Gasteiger partial charge in [-0.25, -0.2) is 4.57 Å². The maximum atomic E-state index is 2.57. The molecule has 1 aromatic heterocycles. The molecule has 0 aliphatic rings. The number of aromatic nitrogens is 1. The first kappa shape index (κ1) is 40.2. The Bertz CT molecular complexity index is 633. The van der Waals surface area contributed by atoms with E-state index >= 15 is 0 Å². The molecule has 0 amide bonds. The molecule has 1 heteroatoms. The molecule has 0 saturated carbocycles. The number of rotatable bonds is 34. The van der Waals surface area contributed by atoms with Crippen LogP contribution in [0.5, 0.6) is 0 Å². The second-order valence-corrected chi connectivity index (χ2v) is 14.2. The van der Waals surface area contributed by atoms with Crippen molar-refractivity contribution >= 4 is 0 Å². The molecule has 252 valence electrons. The van der Waals surface area contributed by atoms with Crippen molar-refractivity contribution in [2.45, 2.75) is 239 Å². The quantitative estimate of drug-likeness (QED) is 0.0549. The number of unbranched alkanes of at least 4 members (excludes halogenated alkanes) is 28. The fourth-order valence-corrected chi connectivity index (χ4v) is 6.77. The third kappa shape index (κ3) is 27.2. The summed E-state index contributed by atoms with van der Waals surface area (Å²) in [5.41, 5.74) is 3.21. The van der Waals surface area contributed by atoms with Crippen LogP contribution in [0, 0.1) is 0 Å². The van der Waals surface area contributed by atoms with Crippen molar-refractivity contribution in [1.82, 2.24) is 0 Å². The summed E-state index contributed by atoms with van der Waals surface area (Å²) in [5, 5.41) is 0. The maximum Gasteiger partial charge on any atom is 0.171 e. The second-order valence-electron chi connectivity index (χ2n) is 14.2. The van der Waals surface area contributed by atoms with E-state index in [0.29, 0.717) is 0 Å². The third-order valence-corrected chi connectivity index (χ3v) is 9.69. The summed E-state index contributed by atoms with van der Waals surface area (Å²) in [6.07, 6.45) is 51.8. The van der Waals surface area contributed by atoms with Crippen LogP contribution in [-0.2, 0) is 19.4 Å². The average molecular weight is 599 g/mol. The molecule has 0 atom stereocenters. The molecule has 1 nitrogen and oxygen atoms in total. The minimum absolute atomic E-state index is 1.21. The predicted octanol–water partition coefficient (Wildman–Crippen LogP) is 14.2. The van der Waals surface area contributed by atoms with E-state index < -0.39 is 0 Å². The number of hydrogen-bond donors (Lipinski definition) is 0. The van der Waals surface area contributed by atoms with Crippen LogP contribution in [0.1, 0.15) is 231 Å². The summed E-state index contributed by atoms with van der Waals surface area (Å²) in [5.74, 6) is 0. The topological polar surface area (TPSA) is 3.88 Å². The zero-order chi connectivity index (χ0) is 30.9. The monoisotopic (exact) mass is 599 g/mol. The van der Waals surface area contributed by atoms with Gasteiger partial charge in [-0.2, -0.15) is 0 Å². The first-order valence-electron chi connectivity index (χ1n) is 20.3. The van der Waals surface area contributed by atoms with Gasteiger partial charge >= 0.3 is 0 Å². The Kier molecular flexibility index (Phi) is 30.4. The summed E-state index contributed by atoms with van der Waals surface area (Å²) in [6, 6.07) is 2.57. The predicted molar refractivity (Wildman–Crippen MR) is 194 cm³/mol. The van der Waals surface area contributed by atoms with E-state index in [0.717, 1.165) is 0 Å². The van der Waals surface area contributed by atoms with E-state index in [1.807, 2.05) is 0 Å². The molecular weight excluding hydrogens is 518 g/mol. The Morgan fingerprint density at radius 1 is 0.326 bits per heavy atom. The zero-order valence-corrected chi connectivity index (χ0v) is 30.2. The summed E-state index contributed by atoms with van der Waals surface area (Å²) in [4.78, 5) is 0. The Labute approximate surface area is 272 Å². The minimum Gasteiger partial charge on any atom is -0.205 e. The van der Waals surface area contributed by atoms with Gasteiger partial charge in [0.25, 0.3) is 0 Å². The molecule has 43 heavy (non-hydrogen) atoms. The molecule has 0 bridgehead atoms. The Hall–Kier alpha value is -0.850. The minimum atomic E-state index is 1.21. The fraction of sp³-hybridized carbons (Fsp3) is 0.881. The van der Waals surface area contributed by atoms with Crippen LogP contribution in [0.4, 0.5) is 0 Å². The van der Waals surface area contributed by atoms with Crippen LogP contribution in [0.25, 0.3) is 0 Å². The number of aryl methyl sites for hydroxylation is 3. The molecule has 0 radical (unpaired) electrons. The molecule has 1 heterocycles. The van der Waals surface area contributed by atoms with Gasteiger partial charge in [0, 0.05) is 17.5 Å². The van der Waals surface area contributed by atoms with Crippen molar-refractivity contribution in [3.05, 3.63) is 29.6 Å². The van der Waals surface area contributed by atoms with E-state index in [2.05, 4.69) is 43.8 Å². The first-order chi connectivity index (χ1) is 21.3. The molecule has 0 spiro atoms. The normalized spacial score (nSPS) is 11.5. The number of hydrogen-bond acceptors (Lipinski definition) is 0. The Morgan fingerprint density at radius 2 is 0.581 bits per heavy atom. The fourth-order valence-electron chi connectivity index (χ4n) is 6.77. The van der Waals surface area contributed by atoms with Gasteiger partial charge in [-0.15, -0.1) is 0 Å². The van der Waals surface area contributed by atoms with Crippen molar-refractivity contribution in [2.24, 2.45) is 0 Å².